The van der Waals surface area contributed by atoms with Crippen LogP contribution in [-0.4, -0.2) is 32.4 Å². The zero-order chi connectivity index (χ0) is 17.3. The fraction of sp³-hybridized carbons (Fsp3) is 0.722. The summed E-state index contributed by atoms with van der Waals surface area (Å²) in [5.41, 5.74) is 0.0351. The van der Waals surface area contributed by atoms with Crippen molar-refractivity contribution in [1.82, 2.24) is 14.5 Å². The fourth-order valence-corrected chi connectivity index (χ4v) is 3.58. The van der Waals surface area contributed by atoms with E-state index in [1.165, 1.54) is 23.2 Å². The van der Waals surface area contributed by atoms with Crippen molar-refractivity contribution in [3.8, 4) is 0 Å². The van der Waals surface area contributed by atoms with Crippen molar-refractivity contribution in [2.45, 2.75) is 66.0 Å². The lowest BCUT2D eigenvalue weighted by Gasteiger charge is -2.38. The second-order valence-electron chi connectivity index (χ2n) is 8.31. The molecule has 1 amide bonds. The van der Waals surface area contributed by atoms with Gasteiger partial charge in [-0.25, -0.2) is 4.98 Å². The van der Waals surface area contributed by atoms with Crippen LogP contribution in [0, 0.1) is 11.3 Å². The van der Waals surface area contributed by atoms with Crippen LogP contribution in [0.4, 0.5) is 0 Å². The summed E-state index contributed by atoms with van der Waals surface area (Å²) in [6, 6.07) is 1.42. The quantitative estimate of drug-likeness (QED) is 0.857. The average Bonchev–Trinajstić information content (AvgIpc) is 2.71. The zero-order valence-corrected chi connectivity index (χ0v) is 15.0. The minimum absolute atomic E-state index is 0.112. The van der Waals surface area contributed by atoms with Gasteiger partial charge >= 0.3 is 0 Å². The Balaban J connectivity index is 2.00. The number of hydrogen-bond acceptors (Lipinski definition) is 3. The molecule has 1 aliphatic heterocycles. The van der Waals surface area contributed by atoms with Crippen LogP contribution >= 0.6 is 0 Å². The van der Waals surface area contributed by atoms with Gasteiger partial charge in [-0.1, -0.05) is 20.8 Å². The highest BCUT2D eigenvalue weighted by Crippen LogP contribution is 2.41. The van der Waals surface area contributed by atoms with E-state index in [0.717, 1.165) is 19.4 Å². The van der Waals surface area contributed by atoms with Crippen LogP contribution in [0.25, 0.3) is 0 Å². The van der Waals surface area contributed by atoms with Gasteiger partial charge in [0.25, 0.3) is 5.56 Å². The summed E-state index contributed by atoms with van der Waals surface area (Å²) in [6.07, 6.45) is 5.49. The first kappa shape index (κ1) is 17.7. The number of amides is 1. The van der Waals surface area contributed by atoms with E-state index >= 15 is 0 Å². The van der Waals surface area contributed by atoms with Crippen molar-refractivity contribution in [2.75, 3.05) is 6.54 Å². The highest BCUT2D eigenvalue weighted by atomic mass is 16.2. The second kappa shape index (κ2) is 6.46. The third kappa shape index (κ3) is 4.21. The predicted octanol–water partition coefficient (Wildman–Crippen LogP) is 2.70. The molecule has 0 saturated carbocycles. The fourth-order valence-electron chi connectivity index (χ4n) is 3.58. The number of aryl methyl sites for hydroxylation is 1. The minimum Gasteiger partial charge on any atom is -0.337 e. The van der Waals surface area contributed by atoms with Crippen molar-refractivity contribution < 1.29 is 4.79 Å². The highest BCUT2D eigenvalue weighted by Gasteiger charge is 2.44. The summed E-state index contributed by atoms with van der Waals surface area (Å²) in [5.74, 6) is 0.648. The molecule has 5 nitrogen and oxygen atoms in total. The van der Waals surface area contributed by atoms with E-state index in [1.807, 2.05) is 4.90 Å². The van der Waals surface area contributed by atoms with E-state index in [-0.39, 0.29) is 22.4 Å². The maximum Gasteiger partial charge on any atom is 0.253 e. The standard InChI is InChI=1S/C18H29N3O2/c1-17(2,3)12-14-7-11-21(18(14,4)5)16(23)8-10-20-13-19-9-6-15(20)22/h6,9,13-14H,7-8,10-12H2,1-5H3/t14-/m1/s1. The summed E-state index contributed by atoms with van der Waals surface area (Å²) >= 11 is 0. The van der Waals surface area contributed by atoms with Gasteiger partial charge in [-0.15, -0.1) is 0 Å². The first-order valence-electron chi connectivity index (χ1n) is 8.42. The molecule has 23 heavy (non-hydrogen) atoms. The molecule has 1 atom stereocenters. The molecule has 2 heterocycles. The van der Waals surface area contributed by atoms with Gasteiger partial charge in [-0.3, -0.25) is 14.2 Å². The van der Waals surface area contributed by atoms with Gasteiger partial charge in [0.1, 0.15) is 0 Å². The summed E-state index contributed by atoms with van der Waals surface area (Å²) in [6.45, 7) is 12.3. The molecule has 5 heteroatoms. The molecule has 0 radical (unpaired) electrons. The predicted molar refractivity (Wildman–Crippen MR) is 91.1 cm³/mol. The maximum absolute atomic E-state index is 12.6. The SMILES string of the molecule is CC(C)(C)C[C@H]1CCN(C(=O)CCn2cnccc2=O)C1(C)C. The van der Waals surface area contributed by atoms with E-state index in [9.17, 15) is 9.59 Å². The average molecular weight is 319 g/mol. The second-order valence-corrected chi connectivity index (χ2v) is 8.31. The van der Waals surface area contributed by atoms with Crippen LogP contribution in [0.15, 0.2) is 23.4 Å². The van der Waals surface area contributed by atoms with Crippen molar-refractivity contribution in [2.24, 2.45) is 11.3 Å². The number of rotatable bonds is 4. The summed E-state index contributed by atoms with van der Waals surface area (Å²) in [5, 5.41) is 0. The molecule has 0 bridgehead atoms. The van der Waals surface area contributed by atoms with Gasteiger partial charge < -0.3 is 4.90 Å². The Labute approximate surface area is 138 Å². The third-order valence-electron chi connectivity index (χ3n) is 4.91. The number of hydrogen-bond donors (Lipinski definition) is 0. The van der Waals surface area contributed by atoms with Gasteiger partial charge in [0, 0.05) is 37.3 Å². The Kier molecular flexibility index (Phi) is 4.97. The van der Waals surface area contributed by atoms with E-state index in [0.29, 0.717) is 18.9 Å². The Bertz CT molecular complexity index is 613. The monoisotopic (exact) mass is 319 g/mol. The summed E-state index contributed by atoms with van der Waals surface area (Å²) < 4.78 is 1.49. The lowest BCUT2D eigenvalue weighted by Crippen LogP contribution is -2.47. The largest absolute Gasteiger partial charge is 0.337 e. The van der Waals surface area contributed by atoms with Crippen LogP contribution in [0.3, 0.4) is 0 Å². The molecule has 0 aliphatic carbocycles. The van der Waals surface area contributed by atoms with Crippen LogP contribution in [-0.2, 0) is 11.3 Å². The molecule has 1 fully saturated rings. The van der Waals surface area contributed by atoms with E-state index in [1.54, 1.807) is 0 Å². The summed E-state index contributed by atoms with van der Waals surface area (Å²) in [4.78, 5) is 30.3. The van der Waals surface area contributed by atoms with Crippen LogP contribution in [0.1, 0.15) is 53.9 Å². The van der Waals surface area contributed by atoms with E-state index < -0.39 is 0 Å². The normalized spacial score (nSPS) is 20.7. The van der Waals surface area contributed by atoms with Gasteiger partial charge in [0.2, 0.25) is 5.91 Å². The van der Waals surface area contributed by atoms with Gasteiger partial charge in [0.15, 0.2) is 0 Å². The van der Waals surface area contributed by atoms with Crippen LogP contribution in [0.2, 0.25) is 0 Å². The lowest BCUT2D eigenvalue weighted by atomic mass is 9.76. The molecule has 1 aliphatic rings. The van der Waals surface area contributed by atoms with Gasteiger partial charge in [-0.05, 0) is 38.0 Å². The Morgan fingerprint density at radius 2 is 2.09 bits per heavy atom. The molecule has 0 spiro atoms. The highest BCUT2D eigenvalue weighted by molar-refractivity contribution is 5.77. The molecule has 0 unspecified atom stereocenters. The van der Waals surface area contributed by atoms with Gasteiger partial charge in [0.05, 0.1) is 6.33 Å². The van der Waals surface area contributed by atoms with Crippen molar-refractivity contribution >= 4 is 5.91 Å². The number of carbonyl (C=O) groups excluding carboxylic acids is 1. The number of aromatic nitrogens is 2. The molecule has 128 valence electrons. The van der Waals surface area contributed by atoms with E-state index in [2.05, 4.69) is 39.6 Å². The summed E-state index contributed by atoms with van der Waals surface area (Å²) in [7, 11) is 0. The molecule has 2 rings (SSSR count). The van der Waals surface area contributed by atoms with Crippen molar-refractivity contribution in [1.29, 1.82) is 0 Å². The first-order chi connectivity index (χ1) is 10.6. The molecule has 1 saturated heterocycles. The molecular formula is C18H29N3O2. The first-order valence-corrected chi connectivity index (χ1v) is 8.42. The van der Waals surface area contributed by atoms with Crippen LogP contribution in [0.5, 0.6) is 0 Å². The molecule has 1 aromatic rings. The van der Waals surface area contributed by atoms with Crippen LogP contribution < -0.4 is 5.56 Å². The zero-order valence-electron chi connectivity index (χ0n) is 15.0. The minimum atomic E-state index is -0.121. The Morgan fingerprint density at radius 1 is 1.39 bits per heavy atom. The Hall–Kier alpha value is -1.65. The maximum atomic E-state index is 12.6. The lowest BCUT2D eigenvalue weighted by molar-refractivity contribution is -0.135. The van der Waals surface area contributed by atoms with Crippen molar-refractivity contribution in [3.05, 3.63) is 28.9 Å². The number of carbonyl (C=O) groups is 1. The van der Waals surface area contributed by atoms with Crippen molar-refractivity contribution in [3.63, 3.8) is 0 Å². The topological polar surface area (TPSA) is 55.2 Å². The smallest absolute Gasteiger partial charge is 0.253 e. The number of nitrogens with zero attached hydrogens (tertiary/aromatic N) is 3. The van der Waals surface area contributed by atoms with Gasteiger partial charge in [-0.2, -0.15) is 0 Å². The molecular weight excluding hydrogens is 290 g/mol. The molecule has 1 aromatic heterocycles. The molecule has 0 aromatic carbocycles. The van der Waals surface area contributed by atoms with E-state index in [4.69, 9.17) is 0 Å². The molecule has 0 N–H and O–H groups in total. The third-order valence-corrected chi connectivity index (χ3v) is 4.91. The number of likely N-dealkylation sites (tertiary alicyclic amines) is 1. The Morgan fingerprint density at radius 3 is 2.70 bits per heavy atom.